The molecular formula is C15H22N2O4S. The molecule has 1 aromatic carbocycles. The van der Waals surface area contributed by atoms with E-state index in [1.807, 2.05) is 19.1 Å². The molecule has 1 saturated heterocycles. The third-order valence-corrected chi connectivity index (χ3v) is 5.25. The van der Waals surface area contributed by atoms with Crippen LogP contribution in [-0.2, 0) is 14.6 Å². The zero-order chi connectivity index (χ0) is 16.0. The molecule has 0 bridgehead atoms. The second kappa shape index (κ2) is 7.60. The lowest BCUT2D eigenvalue weighted by molar-refractivity contribution is -0.116. The average molecular weight is 326 g/mol. The van der Waals surface area contributed by atoms with Crippen LogP contribution in [0.25, 0.3) is 0 Å². The zero-order valence-corrected chi connectivity index (χ0v) is 13.5. The van der Waals surface area contributed by atoms with Crippen molar-refractivity contribution in [3.63, 3.8) is 0 Å². The number of amides is 1. The van der Waals surface area contributed by atoms with Crippen LogP contribution in [0, 0.1) is 0 Å². The molecule has 0 spiro atoms. The van der Waals surface area contributed by atoms with E-state index in [9.17, 15) is 13.2 Å². The van der Waals surface area contributed by atoms with Gasteiger partial charge >= 0.3 is 0 Å². The zero-order valence-electron chi connectivity index (χ0n) is 12.7. The first-order valence-electron chi connectivity index (χ1n) is 7.45. The lowest BCUT2D eigenvalue weighted by atomic mass is 10.2. The van der Waals surface area contributed by atoms with Gasteiger partial charge in [0.15, 0.2) is 9.84 Å². The van der Waals surface area contributed by atoms with Crippen molar-refractivity contribution < 1.29 is 17.9 Å². The SMILES string of the molecule is CCOc1ccccc1NC(=O)CCN[C@H]1CCS(=O)(=O)C1. The summed E-state index contributed by atoms with van der Waals surface area (Å²) in [6.07, 6.45) is 0.911. The summed E-state index contributed by atoms with van der Waals surface area (Å²) in [4.78, 5) is 11.9. The Balaban J connectivity index is 1.77. The number of sulfone groups is 1. The molecule has 1 aliphatic rings. The van der Waals surface area contributed by atoms with E-state index < -0.39 is 9.84 Å². The molecule has 0 radical (unpaired) electrons. The van der Waals surface area contributed by atoms with Gasteiger partial charge in [-0.05, 0) is 25.5 Å². The Bertz CT molecular complexity index is 616. The highest BCUT2D eigenvalue weighted by molar-refractivity contribution is 7.91. The van der Waals surface area contributed by atoms with E-state index in [4.69, 9.17) is 4.74 Å². The largest absolute Gasteiger partial charge is 0.492 e. The minimum atomic E-state index is -2.89. The minimum absolute atomic E-state index is 0.0338. The average Bonchev–Trinajstić information content (AvgIpc) is 2.81. The van der Waals surface area contributed by atoms with Crippen LogP contribution < -0.4 is 15.4 Å². The number of anilines is 1. The molecule has 7 heteroatoms. The van der Waals surface area contributed by atoms with E-state index >= 15 is 0 Å². The number of para-hydroxylation sites is 2. The Hall–Kier alpha value is -1.60. The summed E-state index contributed by atoms with van der Waals surface area (Å²) >= 11 is 0. The van der Waals surface area contributed by atoms with Gasteiger partial charge in [-0.2, -0.15) is 0 Å². The fourth-order valence-electron chi connectivity index (χ4n) is 2.41. The normalized spacial score (nSPS) is 19.8. The Kier molecular flexibility index (Phi) is 5.79. The van der Waals surface area contributed by atoms with Crippen LogP contribution in [0.1, 0.15) is 19.8 Å². The number of benzene rings is 1. The molecule has 1 heterocycles. The summed E-state index contributed by atoms with van der Waals surface area (Å²) in [7, 11) is -2.89. The number of rotatable bonds is 7. The van der Waals surface area contributed by atoms with E-state index in [2.05, 4.69) is 10.6 Å². The van der Waals surface area contributed by atoms with Crippen LogP contribution in [-0.4, -0.2) is 45.0 Å². The molecule has 1 amide bonds. The molecule has 0 aliphatic carbocycles. The van der Waals surface area contributed by atoms with Crippen molar-refractivity contribution in [2.24, 2.45) is 0 Å². The molecule has 0 saturated carbocycles. The monoisotopic (exact) mass is 326 g/mol. The van der Waals surface area contributed by atoms with E-state index in [1.165, 1.54) is 0 Å². The van der Waals surface area contributed by atoms with E-state index in [-0.39, 0.29) is 29.9 Å². The predicted octanol–water partition coefficient (Wildman–Crippen LogP) is 1.19. The van der Waals surface area contributed by atoms with E-state index in [1.54, 1.807) is 12.1 Å². The number of ether oxygens (including phenoxy) is 1. The van der Waals surface area contributed by atoms with Gasteiger partial charge < -0.3 is 15.4 Å². The number of carbonyl (C=O) groups excluding carboxylic acids is 1. The van der Waals surface area contributed by atoms with Crippen LogP contribution in [0.4, 0.5) is 5.69 Å². The molecule has 0 unspecified atom stereocenters. The van der Waals surface area contributed by atoms with Gasteiger partial charge in [0.1, 0.15) is 5.75 Å². The Morgan fingerprint density at radius 1 is 1.36 bits per heavy atom. The highest BCUT2D eigenvalue weighted by Crippen LogP contribution is 2.23. The van der Waals surface area contributed by atoms with Gasteiger partial charge in [0.2, 0.25) is 5.91 Å². The molecule has 1 aromatic rings. The third kappa shape index (κ3) is 4.99. The van der Waals surface area contributed by atoms with Crippen LogP contribution >= 0.6 is 0 Å². The summed E-state index contributed by atoms with van der Waals surface area (Å²) < 4.78 is 28.1. The molecule has 2 N–H and O–H groups in total. The fraction of sp³-hybridized carbons (Fsp3) is 0.533. The van der Waals surface area contributed by atoms with Crippen molar-refractivity contribution in [1.29, 1.82) is 0 Å². The number of carbonyl (C=O) groups is 1. The van der Waals surface area contributed by atoms with Gasteiger partial charge in [0.25, 0.3) is 0 Å². The lowest BCUT2D eigenvalue weighted by Gasteiger charge is -2.12. The maximum absolute atomic E-state index is 11.9. The van der Waals surface area contributed by atoms with Gasteiger partial charge in [-0.25, -0.2) is 8.42 Å². The van der Waals surface area contributed by atoms with Crippen LogP contribution in [0.15, 0.2) is 24.3 Å². The second-order valence-electron chi connectivity index (χ2n) is 5.28. The van der Waals surface area contributed by atoms with E-state index in [0.29, 0.717) is 31.0 Å². The van der Waals surface area contributed by atoms with E-state index in [0.717, 1.165) is 0 Å². The summed E-state index contributed by atoms with van der Waals surface area (Å²) in [5.41, 5.74) is 0.651. The first kappa shape index (κ1) is 16.8. The van der Waals surface area contributed by atoms with Gasteiger partial charge in [-0.1, -0.05) is 12.1 Å². The molecule has 1 aliphatic heterocycles. The molecular weight excluding hydrogens is 304 g/mol. The number of nitrogens with one attached hydrogen (secondary N) is 2. The molecule has 122 valence electrons. The van der Waals surface area contributed by atoms with Crippen LogP contribution in [0.3, 0.4) is 0 Å². The number of hydrogen-bond acceptors (Lipinski definition) is 5. The van der Waals surface area contributed by atoms with Crippen molar-refractivity contribution in [2.75, 3.05) is 30.0 Å². The van der Waals surface area contributed by atoms with Crippen molar-refractivity contribution in [2.45, 2.75) is 25.8 Å². The Morgan fingerprint density at radius 3 is 2.82 bits per heavy atom. The molecule has 6 nitrogen and oxygen atoms in total. The first-order valence-corrected chi connectivity index (χ1v) is 9.28. The molecule has 22 heavy (non-hydrogen) atoms. The maximum Gasteiger partial charge on any atom is 0.225 e. The number of hydrogen-bond donors (Lipinski definition) is 2. The van der Waals surface area contributed by atoms with Crippen molar-refractivity contribution >= 4 is 21.4 Å². The quantitative estimate of drug-likeness (QED) is 0.786. The molecule has 0 aromatic heterocycles. The standard InChI is InChI=1S/C15H22N2O4S/c1-2-21-14-6-4-3-5-13(14)17-15(18)7-9-16-12-8-10-22(19,20)11-12/h3-6,12,16H,2,7-11H2,1H3,(H,17,18)/t12-/m0/s1. The van der Waals surface area contributed by atoms with Gasteiger partial charge in [0, 0.05) is 19.0 Å². The molecule has 1 atom stereocenters. The Morgan fingerprint density at radius 2 is 2.14 bits per heavy atom. The summed E-state index contributed by atoms with van der Waals surface area (Å²) in [6.45, 7) is 2.88. The van der Waals surface area contributed by atoms with Crippen LogP contribution in [0.2, 0.25) is 0 Å². The van der Waals surface area contributed by atoms with Gasteiger partial charge in [0.05, 0.1) is 23.8 Å². The molecule has 1 fully saturated rings. The van der Waals surface area contributed by atoms with Gasteiger partial charge in [-0.15, -0.1) is 0 Å². The topological polar surface area (TPSA) is 84.5 Å². The first-order chi connectivity index (χ1) is 10.5. The third-order valence-electron chi connectivity index (χ3n) is 3.48. The smallest absolute Gasteiger partial charge is 0.225 e. The highest BCUT2D eigenvalue weighted by Gasteiger charge is 2.27. The predicted molar refractivity (Wildman–Crippen MR) is 85.9 cm³/mol. The second-order valence-corrected chi connectivity index (χ2v) is 7.51. The summed E-state index contributed by atoms with van der Waals surface area (Å²) in [5, 5.41) is 5.94. The molecule has 2 rings (SSSR count). The summed E-state index contributed by atoms with van der Waals surface area (Å²) in [5.74, 6) is 0.925. The summed E-state index contributed by atoms with van der Waals surface area (Å²) in [6, 6.07) is 7.25. The fourth-order valence-corrected chi connectivity index (χ4v) is 4.12. The lowest BCUT2D eigenvalue weighted by Crippen LogP contribution is -2.32. The Labute approximate surface area is 131 Å². The van der Waals surface area contributed by atoms with Crippen molar-refractivity contribution in [3.8, 4) is 5.75 Å². The maximum atomic E-state index is 11.9. The highest BCUT2D eigenvalue weighted by atomic mass is 32.2. The van der Waals surface area contributed by atoms with Crippen molar-refractivity contribution in [1.82, 2.24) is 5.32 Å². The van der Waals surface area contributed by atoms with Gasteiger partial charge in [-0.3, -0.25) is 4.79 Å². The van der Waals surface area contributed by atoms with Crippen molar-refractivity contribution in [3.05, 3.63) is 24.3 Å². The van der Waals surface area contributed by atoms with Crippen LogP contribution in [0.5, 0.6) is 5.75 Å². The minimum Gasteiger partial charge on any atom is -0.492 e.